The minimum Gasteiger partial charge on any atom is -0.355 e. The zero-order valence-electron chi connectivity index (χ0n) is 9.87. The lowest BCUT2D eigenvalue weighted by molar-refractivity contribution is 0.887. The third-order valence-electron chi connectivity index (χ3n) is 2.58. The predicted molar refractivity (Wildman–Crippen MR) is 68.5 cm³/mol. The van der Waals surface area contributed by atoms with Crippen molar-refractivity contribution >= 4 is 5.82 Å². The van der Waals surface area contributed by atoms with Gasteiger partial charge < -0.3 is 10.6 Å². The number of nitrogens with two attached hydrogens (primary N) is 1. The molecule has 0 unspecified atom stereocenters. The van der Waals surface area contributed by atoms with E-state index in [0.29, 0.717) is 6.54 Å². The summed E-state index contributed by atoms with van der Waals surface area (Å²) in [7, 11) is 2.01. The van der Waals surface area contributed by atoms with Gasteiger partial charge in [0.1, 0.15) is 5.82 Å². The second kappa shape index (κ2) is 5.41. The Kier molecular flexibility index (Phi) is 3.67. The van der Waals surface area contributed by atoms with Gasteiger partial charge >= 0.3 is 0 Å². The first-order valence-corrected chi connectivity index (χ1v) is 5.54. The van der Waals surface area contributed by atoms with E-state index in [-0.39, 0.29) is 0 Å². The van der Waals surface area contributed by atoms with Gasteiger partial charge in [0, 0.05) is 38.7 Å². The Bertz CT molecular complexity index is 453. The van der Waals surface area contributed by atoms with Crippen molar-refractivity contribution in [1.82, 2.24) is 9.97 Å². The molecule has 0 radical (unpaired) electrons. The summed E-state index contributed by atoms with van der Waals surface area (Å²) >= 11 is 0. The molecule has 2 heterocycles. The fraction of sp³-hybridized carbons (Fsp3) is 0.231. The molecule has 17 heavy (non-hydrogen) atoms. The maximum Gasteiger partial charge on any atom is 0.128 e. The van der Waals surface area contributed by atoms with Gasteiger partial charge in [-0.1, -0.05) is 12.1 Å². The molecule has 0 fully saturated rings. The summed E-state index contributed by atoms with van der Waals surface area (Å²) in [5, 5.41) is 0. The van der Waals surface area contributed by atoms with E-state index in [9.17, 15) is 0 Å². The molecule has 0 aliphatic rings. The number of pyridine rings is 2. The Balaban J connectivity index is 2.06. The van der Waals surface area contributed by atoms with Gasteiger partial charge in [-0.15, -0.1) is 0 Å². The van der Waals surface area contributed by atoms with Crippen LogP contribution in [0.3, 0.4) is 0 Å². The first kappa shape index (κ1) is 11.5. The molecule has 2 aromatic heterocycles. The van der Waals surface area contributed by atoms with Crippen molar-refractivity contribution in [2.45, 2.75) is 13.1 Å². The predicted octanol–water partition coefficient (Wildman–Crippen LogP) is 1.57. The molecule has 0 aliphatic heterocycles. The van der Waals surface area contributed by atoms with E-state index in [0.717, 1.165) is 17.9 Å². The summed E-state index contributed by atoms with van der Waals surface area (Å²) in [6.45, 7) is 1.32. The van der Waals surface area contributed by atoms with Crippen molar-refractivity contribution in [2.24, 2.45) is 5.73 Å². The van der Waals surface area contributed by atoms with E-state index >= 15 is 0 Å². The number of hydrogen-bond acceptors (Lipinski definition) is 4. The van der Waals surface area contributed by atoms with Crippen LogP contribution in [0.4, 0.5) is 5.82 Å². The summed E-state index contributed by atoms with van der Waals surface area (Å²) in [5.41, 5.74) is 7.75. The Morgan fingerprint density at radius 2 is 2.06 bits per heavy atom. The van der Waals surface area contributed by atoms with E-state index < -0.39 is 0 Å². The van der Waals surface area contributed by atoms with Gasteiger partial charge in [0.05, 0.1) is 0 Å². The molecule has 88 valence electrons. The van der Waals surface area contributed by atoms with E-state index in [1.54, 1.807) is 6.20 Å². The molecule has 4 nitrogen and oxygen atoms in total. The molecule has 0 spiro atoms. The largest absolute Gasteiger partial charge is 0.355 e. The molecular weight excluding hydrogens is 212 g/mol. The topological polar surface area (TPSA) is 55.0 Å². The molecular formula is C13H16N4. The number of anilines is 1. The highest BCUT2D eigenvalue weighted by Gasteiger charge is 2.03. The fourth-order valence-corrected chi connectivity index (χ4v) is 1.61. The molecule has 0 amide bonds. The van der Waals surface area contributed by atoms with Gasteiger partial charge in [-0.2, -0.15) is 0 Å². The van der Waals surface area contributed by atoms with E-state index in [2.05, 4.69) is 20.9 Å². The van der Waals surface area contributed by atoms with Crippen LogP contribution in [0.25, 0.3) is 0 Å². The molecule has 0 atom stereocenters. The van der Waals surface area contributed by atoms with Crippen LogP contribution in [0.1, 0.15) is 11.1 Å². The van der Waals surface area contributed by atoms with Crippen molar-refractivity contribution in [1.29, 1.82) is 0 Å². The van der Waals surface area contributed by atoms with Crippen LogP contribution in [0.5, 0.6) is 0 Å². The van der Waals surface area contributed by atoms with E-state index in [4.69, 9.17) is 5.73 Å². The smallest absolute Gasteiger partial charge is 0.128 e. The van der Waals surface area contributed by atoms with Crippen LogP contribution in [-0.4, -0.2) is 17.0 Å². The Morgan fingerprint density at radius 1 is 1.18 bits per heavy atom. The van der Waals surface area contributed by atoms with Crippen LogP contribution in [0.2, 0.25) is 0 Å². The lowest BCUT2D eigenvalue weighted by Crippen LogP contribution is -2.17. The molecule has 4 heteroatoms. The first-order valence-electron chi connectivity index (χ1n) is 5.54. The number of aromatic nitrogens is 2. The van der Waals surface area contributed by atoms with Gasteiger partial charge in [0.15, 0.2) is 0 Å². The highest BCUT2D eigenvalue weighted by molar-refractivity contribution is 5.39. The summed E-state index contributed by atoms with van der Waals surface area (Å²) in [5.74, 6) is 0.936. The van der Waals surface area contributed by atoms with E-state index in [1.165, 1.54) is 5.56 Å². The van der Waals surface area contributed by atoms with Crippen molar-refractivity contribution in [3.05, 3.63) is 54.0 Å². The van der Waals surface area contributed by atoms with Gasteiger partial charge in [-0.25, -0.2) is 4.98 Å². The van der Waals surface area contributed by atoms with Crippen LogP contribution >= 0.6 is 0 Å². The minimum absolute atomic E-state index is 0.527. The zero-order valence-corrected chi connectivity index (χ0v) is 9.87. The van der Waals surface area contributed by atoms with Crippen molar-refractivity contribution in [3.8, 4) is 0 Å². The average molecular weight is 228 g/mol. The van der Waals surface area contributed by atoms with Crippen LogP contribution in [0, 0.1) is 0 Å². The summed E-state index contributed by atoms with van der Waals surface area (Å²) in [6.07, 6.45) is 5.46. The lowest BCUT2D eigenvalue weighted by atomic mass is 10.2. The number of rotatable bonds is 4. The highest BCUT2D eigenvalue weighted by atomic mass is 15.2. The van der Waals surface area contributed by atoms with Crippen LogP contribution in [0.15, 0.2) is 42.9 Å². The van der Waals surface area contributed by atoms with Crippen LogP contribution < -0.4 is 10.6 Å². The SMILES string of the molecule is CN(Cc1cccnc1)c1ccc(CN)cn1. The quantitative estimate of drug-likeness (QED) is 0.863. The van der Waals surface area contributed by atoms with E-state index in [1.807, 2.05) is 37.6 Å². The maximum absolute atomic E-state index is 5.54. The molecule has 0 bridgehead atoms. The lowest BCUT2D eigenvalue weighted by Gasteiger charge is -2.18. The van der Waals surface area contributed by atoms with Gasteiger partial charge in [0.2, 0.25) is 0 Å². The highest BCUT2D eigenvalue weighted by Crippen LogP contribution is 2.12. The fourth-order valence-electron chi connectivity index (χ4n) is 1.61. The standard InChI is InChI=1S/C13H16N4/c1-17(10-12-3-2-6-15-8-12)13-5-4-11(7-14)9-16-13/h2-6,8-9H,7,10,14H2,1H3. The molecule has 0 aliphatic carbocycles. The maximum atomic E-state index is 5.54. The van der Waals surface area contributed by atoms with Gasteiger partial charge in [-0.05, 0) is 23.3 Å². The first-order chi connectivity index (χ1) is 8.29. The number of hydrogen-bond donors (Lipinski definition) is 1. The molecule has 2 rings (SSSR count). The second-order valence-electron chi connectivity index (χ2n) is 3.95. The van der Waals surface area contributed by atoms with Crippen LogP contribution in [-0.2, 0) is 13.1 Å². The number of nitrogens with zero attached hydrogens (tertiary/aromatic N) is 3. The summed E-state index contributed by atoms with van der Waals surface area (Å²) < 4.78 is 0. The third-order valence-corrected chi connectivity index (χ3v) is 2.58. The molecule has 0 saturated carbocycles. The van der Waals surface area contributed by atoms with Crippen molar-refractivity contribution in [3.63, 3.8) is 0 Å². The monoisotopic (exact) mass is 228 g/mol. The van der Waals surface area contributed by atoms with Gasteiger partial charge in [-0.3, -0.25) is 4.98 Å². The second-order valence-corrected chi connectivity index (χ2v) is 3.95. The zero-order chi connectivity index (χ0) is 12.1. The Hall–Kier alpha value is -1.94. The average Bonchev–Trinajstić information content (AvgIpc) is 2.40. The molecule has 2 aromatic rings. The van der Waals surface area contributed by atoms with Crippen molar-refractivity contribution in [2.75, 3.05) is 11.9 Å². The molecule has 0 aromatic carbocycles. The minimum atomic E-state index is 0.527. The summed E-state index contributed by atoms with van der Waals surface area (Å²) in [4.78, 5) is 10.5. The Morgan fingerprint density at radius 3 is 2.65 bits per heavy atom. The summed E-state index contributed by atoms with van der Waals surface area (Å²) in [6, 6.07) is 7.98. The van der Waals surface area contributed by atoms with Crippen molar-refractivity contribution < 1.29 is 0 Å². The van der Waals surface area contributed by atoms with Gasteiger partial charge in [0.25, 0.3) is 0 Å². The molecule has 0 saturated heterocycles. The normalized spacial score (nSPS) is 10.2. The Labute approximate surface area is 101 Å². The molecule has 2 N–H and O–H groups in total. The third kappa shape index (κ3) is 3.01.